The molecule has 0 saturated carbocycles. The van der Waals surface area contributed by atoms with Crippen molar-refractivity contribution >= 4 is 51.9 Å². The lowest BCUT2D eigenvalue weighted by molar-refractivity contribution is -0.122. The summed E-state index contributed by atoms with van der Waals surface area (Å²) in [6.07, 6.45) is 5.69. The number of amides is 1. The van der Waals surface area contributed by atoms with E-state index in [1.54, 1.807) is 4.90 Å². The van der Waals surface area contributed by atoms with E-state index >= 15 is 0 Å². The maximum atomic E-state index is 12.8. The molecule has 0 N–H and O–H groups in total. The molecule has 6 heteroatoms. The predicted molar refractivity (Wildman–Crippen MR) is 124 cm³/mol. The van der Waals surface area contributed by atoms with Crippen molar-refractivity contribution in [1.29, 1.82) is 0 Å². The number of anilines is 1. The number of amidine groups is 1. The van der Waals surface area contributed by atoms with Crippen LogP contribution in [0.5, 0.6) is 0 Å². The molecule has 0 radical (unpaired) electrons. The van der Waals surface area contributed by atoms with Gasteiger partial charge in [-0.05, 0) is 79.9 Å². The van der Waals surface area contributed by atoms with Crippen LogP contribution in [0, 0.1) is 0 Å². The summed E-state index contributed by atoms with van der Waals surface area (Å²) in [6, 6.07) is 15.9. The number of carbonyl (C=O) groups is 1. The first kappa shape index (κ1) is 20.0. The molecule has 0 spiro atoms. The summed E-state index contributed by atoms with van der Waals surface area (Å²) in [6.45, 7) is 4.79. The molecule has 2 saturated heterocycles. The Morgan fingerprint density at radius 3 is 2.48 bits per heavy atom. The molecule has 0 aliphatic carbocycles. The van der Waals surface area contributed by atoms with Crippen LogP contribution < -0.4 is 4.90 Å². The lowest BCUT2D eigenvalue weighted by atomic mass is 10.1. The quantitative estimate of drug-likeness (QED) is 0.567. The van der Waals surface area contributed by atoms with Gasteiger partial charge in [-0.2, -0.15) is 0 Å². The Labute approximate surface area is 181 Å². The monoisotopic (exact) mass is 425 g/mol. The summed E-state index contributed by atoms with van der Waals surface area (Å²) in [5.41, 5.74) is 2.95. The number of rotatable bonds is 4. The predicted octanol–water partition coefficient (Wildman–Crippen LogP) is 5.95. The minimum Gasteiger partial charge on any atom is -0.372 e. The number of hydrogen-bond donors (Lipinski definition) is 0. The molecule has 0 unspecified atom stereocenters. The first-order valence-corrected chi connectivity index (χ1v) is 11.2. The fourth-order valence-electron chi connectivity index (χ4n) is 3.60. The van der Waals surface area contributed by atoms with Crippen LogP contribution in [0.4, 0.5) is 11.4 Å². The Balaban J connectivity index is 1.56. The van der Waals surface area contributed by atoms with Crippen LogP contribution in [-0.4, -0.2) is 35.6 Å². The van der Waals surface area contributed by atoms with Gasteiger partial charge in [0.2, 0.25) is 0 Å². The highest BCUT2D eigenvalue weighted by Crippen LogP contribution is 2.35. The van der Waals surface area contributed by atoms with Crippen LogP contribution >= 0.6 is 23.4 Å². The normalized spacial score (nSPS) is 20.1. The summed E-state index contributed by atoms with van der Waals surface area (Å²) < 4.78 is 0. The molecule has 0 aromatic heterocycles. The van der Waals surface area contributed by atoms with Crippen molar-refractivity contribution in [2.24, 2.45) is 4.99 Å². The number of carbonyl (C=O) groups excluding carboxylic acids is 1. The summed E-state index contributed by atoms with van der Waals surface area (Å²) in [7, 11) is 0. The lowest BCUT2D eigenvalue weighted by Crippen LogP contribution is -2.29. The maximum absolute atomic E-state index is 12.8. The number of aliphatic imine (C=N–C) groups is 1. The Morgan fingerprint density at radius 2 is 1.79 bits per heavy atom. The molecular formula is C23H24ClN3OS. The van der Waals surface area contributed by atoms with Gasteiger partial charge in [0.05, 0.1) is 10.6 Å². The summed E-state index contributed by atoms with van der Waals surface area (Å²) in [5.74, 6) is -0.0268. The Morgan fingerprint density at radius 1 is 1.07 bits per heavy atom. The minimum atomic E-state index is -0.0268. The number of piperidine rings is 1. The SMILES string of the molecule is CCN1C(=O)/C(=C/c2ccccc2Cl)SC1=Nc1ccc(N2CCCCC2)cc1. The second-order valence-corrected chi connectivity index (χ2v) is 8.56. The Kier molecular flexibility index (Phi) is 6.26. The van der Waals surface area contributed by atoms with E-state index in [9.17, 15) is 4.79 Å². The van der Waals surface area contributed by atoms with Gasteiger partial charge in [-0.25, -0.2) is 4.99 Å². The molecule has 0 atom stereocenters. The Bertz CT molecular complexity index is 949. The molecule has 1 amide bonds. The zero-order valence-electron chi connectivity index (χ0n) is 16.5. The van der Waals surface area contributed by atoms with Crippen LogP contribution in [0.25, 0.3) is 6.08 Å². The van der Waals surface area contributed by atoms with Gasteiger partial charge in [0.25, 0.3) is 5.91 Å². The molecule has 29 heavy (non-hydrogen) atoms. The number of hydrogen-bond acceptors (Lipinski definition) is 4. The molecule has 2 heterocycles. The molecule has 2 aromatic carbocycles. The number of halogens is 1. The average Bonchev–Trinajstić information content (AvgIpc) is 3.05. The van der Waals surface area contributed by atoms with Gasteiger partial charge < -0.3 is 4.90 Å². The third-order valence-corrected chi connectivity index (χ3v) is 6.54. The van der Waals surface area contributed by atoms with E-state index in [1.165, 1.54) is 36.7 Å². The molecule has 4 rings (SSSR count). The van der Waals surface area contributed by atoms with Gasteiger partial charge in [-0.15, -0.1) is 0 Å². The van der Waals surface area contributed by atoms with Crippen LogP contribution in [0.3, 0.4) is 0 Å². The van der Waals surface area contributed by atoms with Crippen molar-refractivity contribution in [3.63, 3.8) is 0 Å². The van der Waals surface area contributed by atoms with E-state index in [0.717, 1.165) is 24.3 Å². The highest BCUT2D eigenvalue weighted by Gasteiger charge is 2.32. The van der Waals surface area contributed by atoms with Gasteiger partial charge in [0.1, 0.15) is 0 Å². The second-order valence-electron chi connectivity index (χ2n) is 7.14. The van der Waals surface area contributed by atoms with E-state index in [1.807, 2.05) is 49.4 Å². The molecular weight excluding hydrogens is 402 g/mol. The largest absolute Gasteiger partial charge is 0.372 e. The lowest BCUT2D eigenvalue weighted by Gasteiger charge is -2.28. The van der Waals surface area contributed by atoms with E-state index in [-0.39, 0.29) is 5.91 Å². The second kappa shape index (κ2) is 9.06. The highest BCUT2D eigenvalue weighted by atomic mass is 35.5. The summed E-state index contributed by atoms with van der Waals surface area (Å²) in [4.78, 5) is 22.4. The molecule has 150 valence electrons. The molecule has 2 fully saturated rings. The molecule has 2 aliphatic rings. The minimum absolute atomic E-state index is 0.0268. The fraction of sp³-hybridized carbons (Fsp3) is 0.304. The summed E-state index contributed by atoms with van der Waals surface area (Å²) >= 11 is 7.65. The summed E-state index contributed by atoms with van der Waals surface area (Å²) in [5, 5.41) is 1.34. The first-order valence-electron chi connectivity index (χ1n) is 10.1. The van der Waals surface area contributed by atoms with Crippen LogP contribution in [0.2, 0.25) is 5.02 Å². The van der Waals surface area contributed by atoms with Gasteiger partial charge >= 0.3 is 0 Å². The number of thioether (sulfide) groups is 1. The molecule has 2 aliphatic heterocycles. The van der Waals surface area contributed by atoms with Gasteiger partial charge in [0.15, 0.2) is 5.17 Å². The van der Waals surface area contributed by atoms with E-state index < -0.39 is 0 Å². The van der Waals surface area contributed by atoms with Crippen molar-refractivity contribution in [2.75, 3.05) is 24.5 Å². The third-order valence-electron chi connectivity index (χ3n) is 5.19. The van der Waals surface area contributed by atoms with Crippen LogP contribution in [0.1, 0.15) is 31.7 Å². The van der Waals surface area contributed by atoms with Crippen LogP contribution in [-0.2, 0) is 4.79 Å². The average molecular weight is 426 g/mol. The van der Waals surface area contributed by atoms with Crippen molar-refractivity contribution in [1.82, 2.24) is 4.90 Å². The molecule has 2 aromatic rings. The maximum Gasteiger partial charge on any atom is 0.266 e. The van der Waals surface area contributed by atoms with Crippen molar-refractivity contribution in [2.45, 2.75) is 26.2 Å². The number of likely N-dealkylation sites (N-methyl/N-ethyl adjacent to an activating group) is 1. The fourth-order valence-corrected chi connectivity index (χ4v) is 4.85. The van der Waals surface area contributed by atoms with Crippen molar-refractivity contribution < 1.29 is 4.79 Å². The zero-order valence-corrected chi connectivity index (χ0v) is 18.0. The highest BCUT2D eigenvalue weighted by molar-refractivity contribution is 8.18. The third kappa shape index (κ3) is 4.51. The van der Waals surface area contributed by atoms with Crippen LogP contribution in [0.15, 0.2) is 58.4 Å². The molecule has 0 bridgehead atoms. The Hall–Kier alpha value is -2.24. The number of benzene rings is 2. The van der Waals surface area contributed by atoms with Crippen molar-refractivity contribution in [3.05, 3.63) is 64.0 Å². The molecule has 4 nitrogen and oxygen atoms in total. The van der Waals surface area contributed by atoms with E-state index in [4.69, 9.17) is 16.6 Å². The van der Waals surface area contributed by atoms with Gasteiger partial charge in [0, 0.05) is 30.3 Å². The van der Waals surface area contributed by atoms with Crippen molar-refractivity contribution in [3.8, 4) is 0 Å². The van der Waals surface area contributed by atoms with Gasteiger partial charge in [-0.1, -0.05) is 29.8 Å². The van der Waals surface area contributed by atoms with E-state index in [0.29, 0.717) is 21.6 Å². The first-order chi connectivity index (χ1) is 14.2. The van der Waals surface area contributed by atoms with Gasteiger partial charge in [-0.3, -0.25) is 9.69 Å². The van der Waals surface area contributed by atoms with E-state index in [2.05, 4.69) is 17.0 Å². The smallest absolute Gasteiger partial charge is 0.266 e. The number of nitrogens with zero attached hydrogens (tertiary/aromatic N) is 3. The standard InChI is InChI=1S/C23H24ClN3OS/c1-2-27-22(28)21(16-17-8-4-5-9-20(17)24)29-23(27)25-18-10-12-19(13-11-18)26-14-6-3-7-15-26/h4-5,8-13,16H,2-3,6-7,14-15H2,1H3/b21-16-,25-23?. The zero-order chi connectivity index (χ0) is 20.2. The topological polar surface area (TPSA) is 35.9 Å².